The molecule has 2 rings (SSSR count). The van der Waals surface area contributed by atoms with E-state index in [1.54, 1.807) is 45.0 Å². The predicted molar refractivity (Wildman–Crippen MR) is 102 cm³/mol. The summed E-state index contributed by atoms with van der Waals surface area (Å²) in [6, 6.07) is 10.7. The average Bonchev–Trinajstić information content (AvgIpc) is 2.99. The molecule has 1 aromatic carbocycles. The topological polar surface area (TPSA) is 146 Å². The average molecular weight is 404 g/mol. The minimum atomic E-state index is -3.96. The van der Waals surface area contributed by atoms with Gasteiger partial charge >= 0.3 is 7.60 Å². The number of aliphatic hydroxyl groups excluding tert-OH is 1. The van der Waals surface area contributed by atoms with E-state index in [-0.39, 0.29) is 24.6 Å². The molecule has 0 amide bonds. The van der Waals surface area contributed by atoms with Crippen LogP contribution in [0.25, 0.3) is 16.1 Å². The summed E-state index contributed by atoms with van der Waals surface area (Å²) in [5.41, 5.74) is 8.48. The van der Waals surface area contributed by atoms with Gasteiger partial charge in [0.25, 0.3) is 0 Å². The van der Waals surface area contributed by atoms with Crippen molar-refractivity contribution in [1.29, 1.82) is 5.26 Å². The lowest BCUT2D eigenvalue weighted by molar-refractivity contribution is 0.153. The predicted octanol–water partition coefficient (Wildman–Crippen LogP) is 4.31. The molecule has 0 aliphatic rings. The minimum absolute atomic E-state index is 0.00139. The zero-order chi connectivity index (χ0) is 20.7. The highest BCUT2D eigenvalue weighted by Gasteiger charge is 2.43. The maximum Gasteiger partial charge on any atom is 0.350 e. The molecule has 11 heteroatoms. The van der Waals surface area contributed by atoms with Crippen molar-refractivity contribution < 1.29 is 18.7 Å². The number of aromatic nitrogens is 2. The molecule has 0 aliphatic carbocycles. The van der Waals surface area contributed by atoms with Crippen molar-refractivity contribution in [1.82, 2.24) is 9.78 Å². The third-order valence-corrected chi connectivity index (χ3v) is 6.22. The molecule has 1 aromatic heterocycles. The van der Waals surface area contributed by atoms with Crippen molar-refractivity contribution >= 4 is 13.4 Å². The van der Waals surface area contributed by atoms with E-state index in [1.807, 2.05) is 12.1 Å². The van der Waals surface area contributed by atoms with Crippen LogP contribution in [0.5, 0.6) is 0 Å². The highest BCUT2D eigenvalue weighted by molar-refractivity contribution is 7.55. The van der Waals surface area contributed by atoms with E-state index < -0.39 is 19.4 Å². The molecule has 0 radical (unpaired) electrons. The number of hydrogen-bond acceptors (Lipinski definition) is 7. The van der Waals surface area contributed by atoms with Gasteiger partial charge in [0.2, 0.25) is 0 Å². The van der Waals surface area contributed by atoms with Crippen LogP contribution in [0, 0.1) is 18.3 Å². The zero-order valence-corrected chi connectivity index (χ0v) is 16.7. The van der Waals surface area contributed by atoms with E-state index in [4.69, 9.17) is 14.6 Å². The van der Waals surface area contributed by atoms with Crippen LogP contribution in [0.1, 0.15) is 31.2 Å². The number of aliphatic hydroxyl groups is 1. The van der Waals surface area contributed by atoms with Crippen molar-refractivity contribution in [3.63, 3.8) is 0 Å². The number of nitriles is 1. The number of benzene rings is 1. The third-order valence-electron chi connectivity index (χ3n) is 3.91. The number of aryl methyl sites for hydroxylation is 1. The molecule has 10 nitrogen and oxygen atoms in total. The van der Waals surface area contributed by atoms with Gasteiger partial charge in [-0.05, 0) is 43.5 Å². The lowest BCUT2D eigenvalue weighted by Crippen LogP contribution is -2.21. The molecule has 0 fully saturated rings. The molecule has 1 N–H and O–H groups in total. The second-order valence-electron chi connectivity index (χ2n) is 5.65. The SMILES string of the molecule is CCOP(=O)(OCC)C(C#N)C(O)c1c(C)nn(-c2ccccc2)c1N=[N+]=[N-]. The Kier molecular flexibility index (Phi) is 7.35. The van der Waals surface area contributed by atoms with Gasteiger partial charge in [-0.15, -0.1) is 0 Å². The number of para-hydroxylation sites is 1. The molecule has 2 atom stereocenters. The molecule has 0 aliphatic heterocycles. The second kappa shape index (κ2) is 9.51. The molecule has 28 heavy (non-hydrogen) atoms. The summed E-state index contributed by atoms with van der Waals surface area (Å²) in [7, 11) is -3.96. The van der Waals surface area contributed by atoms with Crippen molar-refractivity contribution in [3.05, 3.63) is 52.0 Å². The van der Waals surface area contributed by atoms with Crippen molar-refractivity contribution in [2.24, 2.45) is 5.11 Å². The van der Waals surface area contributed by atoms with Gasteiger partial charge in [0.15, 0.2) is 5.66 Å². The monoisotopic (exact) mass is 404 g/mol. The third kappa shape index (κ3) is 4.25. The number of hydrogen-bond donors (Lipinski definition) is 1. The number of nitrogens with zero attached hydrogens (tertiary/aromatic N) is 6. The summed E-state index contributed by atoms with van der Waals surface area (Å²) in [6.45, 7) is 4.88. The van der Waals surface area contributed by atoms with Gasteiger partial charge in [0.1, 0.15) is 11.9 Å². The van der Waals surface area contributed by atoms with Crippen LogP contribution in [-0.4, -0.2) is 33.8 Å². The Labute approximate surface area is 162 Å². The van der Waals surface area contributed by atoms with Gasteiger partial charge in [0, 0.05) is 10.5 Å². The van der Waals surface area contributed by atoms with Crippen LogP contribution >= 0.6 is 7.60 Å². The van der Waals surface area contributed by atoms with E-state index in [9.17, 15) is 14.9 Å². The lowest BCUT2D eigenvalue weighted by Gasteiger charge is -2.25. The smallest absolute Gasteiger partial charge is 0.350 e. The Morgan fingerprint density at radius 2 is 1.96 bits per heavy atom. The van der Waals surface area contributed by atoms with Crippen molar-refractivity contribution in [2.75, 3.05) is 13.2 Å². The molecule has 0 spiro atoms. The summed E-state index contributed by atoms with van der Waals surface area (Å²) in [6.07, 6.45) is -1.60. The zero-order valence-electron chi connectivity index (χ0n) is 15.8. The lowest BCUT2D eigenvalue weighted by atomic mass is 10.1. The highest BCUT2D eigenvalue weighted by Crippen LogP contribution is 2.57. The summed E-state index contributed by atoms with van der Waals surface area (Å²) < 4.78 is 24.8. The summed E-state index contributed by atoms with van der Waals surface area (Å²) in [5.74, 6) is -0.00139. The minimum Gasteiger partial charge on any atom is -0.386 e. The van der Waals surface area contributed by atoms with Gasteiger partial charge in [0.05, 0.1) is 30.7 Å². The Hall–Kier alpha value is -2.66. The highest BCUT2D eigenvalue weighted by atomic mass is 31.2. The van der Waals surface area contributed by atoms with Crippen LogP contribution in [0.15, 0.2) is 35.4 Å². The standard InChI is InChI=1S/C17H21N6O4P/c1-4-26-28(25,27-5-2)14(11-18)16(24)15-12(3)21-23(17(15)20-22-19)13-9-7-6-8-10-13/h6-10,14,16,24H,4-5H2,1-3H3. The van der Waals surface area contributed by atoms with E-state index in [0.717, 1.165) is 0 Å². The molecule has 0 saturated heterocycles. The first-order valence-corrected chi connectivity index (χ1v) is 10.2. The van der Waals surface area contributed by atoms with Crippen LogP contribution < -0.4 is 0 Å². The quantitative estimate of drug-likeness (QED) is 0.285. The van der Waals surface area contributed by atoms with E-state index in [0.29, 0.717) is 11.4 Å². The summed E-state index contributed by atoms with van der Waals surface area (Å²) in [4.78, 5) is 2.81. The fourth-order valence-electron chi connectivity index (χ4n) is 2.79. The Morgan fingerprint density at radius 3 is 2.46 bits per heavy atom. The van der Waals surface area contributed by atoms with Crippen molar-refractivity contribution in [3.8, 4) is 11.8 Å². The maximum atomic E-state index is 13.1. The maximum absolute atomic E-state index is 13.1. The largest absolute Gasteiger partial charge is 0.386 e. The van der Waals surface area contributed by atoms with Crippen LogP contribution in [0.3, 0.4) is 0 Å². The Balaban J connectivity index is 2.62. The number of rotatable bonds is 9. The molecule has 0 bridgehead atoms. The summed E-state index contributed by atoms with van der Waals surface area (Å²) >= 11 is 0. The van der Waals surface area contributed by atoms with Crippen LogP contribution in [0.4, 0.5) is 5.82 Å². The van der Waals surface area contributed by atoms with Crippen LogP contribution in [0.2, 0.25) is 0 Å². The van der Waals surface area contributed by atoms with E-state index in [1.165, 1.54) is 4.68 Å². The molecule has 2 unspecified atom stereocenters. The molecule has 0 saturated carbocycles. The van der Waals surface area contributed by atoms with Gasteiger partial charge in [-0.25, -0.2) is 4.68 Å². The normalized spacial score (nSPS) is 13.4. The molecule has 2 aromatic rings. The molecule has 148 valence electrons. The first kappa shape index (κ1) is 21.6. The van der Waals surface area contributed by atoms with E-state index in [2.05, 4.69) is 15.1 Å². The Morgan fingerprint density at radius 1 is 1.36 bits per heavy atom. The van der Waals surface area contributed by atoms with Crippen molar-refractivity contribution in [2.45, 2.75) is 32.5 Å². The van der Waals surface area contributed by atoms with Gasteiger partial charge < -0.3 is 14.2 Å². The van der Waals surface area contributed by atoms with E-state index >= 15 is 0 Å². The van der Waals surface area contributed by atoms with Gasteiger partial charge in [-0.1, -0.05) is 18.2 Å². The molecular weight excluding hydrogens is 383 g/mol. The van der Waals surface area contributed by atoms with Crippen LogP contribution in [-0.2, 0) is 13.6 Å². The first-order chi connectivity index (χ1) is 13.4. The Bertz CT molecular complexity index is 939. The fraction of sp³-hybridized carbons (Fsp3) is 0.412. The van der Waals surface area contributed by atoms with Gasteiger partial charge in [-0.3, -0.25) is 4.57 Å². The molecular formula is C17H21N6O4P. The second-order valence-corrected chi connectivity index (χ2v) is 7.81. The first-order valence-electron chi connectivity index (χ1n) is 8.60. The summed E-state index contributed by atoms with van der Waals surface area (Å²) in [5, 5.41) is 28.5. The fourth-order valence-corrected chi connectivity index (χ4v) is 4.54. The number of azide groups is 1. The van der Waals surface area contributed by atoms with Gasteiger partial charge in [-0.2, -0.15) is 10.4 Å². The molecule has 1 heterocycles.